The van der Waals surface area contributed by atoms with E-state index >= 15 is 0 Å². The van der Waals surface area contributed by atoms with Gasteiger partial charge in [-0.3, -0.25) is 9.89 Å². The number of methoxy groups -OCH3 is 1. The van der Waals surface area contributed by atoms with Gasteiger partial charge in [-0.1, -0.05) is 0 Å². The Balaban J connectivity index is 2.03. The molecule has 6 heteroatoms. The molecule has 0 saturated heterocycles. The number of carbonyl (C=O) groups excluding carboxylic acids is 1. The van der Waals surface area contributed by atoms with E-state index in [1.54, 1.807) is 13.3 Å². The van der Waals surface area contributed by atoms with Gasteiger partial charge in [0.1, 0.15) is 5.75 Å². The number of benzene rings is 1. The zero-order valence-corrected chi connectivity index (χ0v) is 13.2. The third kappa shape index (κ3) is 4.08. The average Bonchev–Trinajstić information content (AvgIpc) is 3.01. The van der Waals surface area contributed by atoms with Gasteiger partial charge in [-0.25, -0.2) is 0 Å². The van der Waals surface area contributed by atoms with Crippen molar-refractivity contribution in [2.75, 3.05) is 34.3 Å². The summed E-state index contributed by atoms with van der Waals surface area (Å²) in [6.07, 6.45) is 2.47. The highest BCUT2D eigenvalue weighted by Gasteiger charge is 2.14. The Kier molecular flexibility index (Phi) is 5.55. The van der Waals surface area contributed by atoms with Crippen LogP contribution in [0.5, 0.6) is 5.75 Å². The molecule has 1 aromatic heterocycles. The van der Waals surface area contributed by atoms with Gasteiger partial charge in [0.05, 0.1) is 24.6 Å². The lowest BCUT2D eigenvalue weighted by Gasteiger charge is -2.10. The predicted molar refractivity (Wildman–Crippen MR) is 86.1 cm³/mol. The van der Waals surface area contributed by atoms with Gasteiger partial charge < -0.3 is 15.0 Å². The first-order chi connectivity index (χ1) is 10.6. The number of aromatic nitrogens is 2. The number of aromatic amines is 1. The van der Waals surface area contributed by atoms with Crippen LogP contribution in [0, 0.1) is 0 Å². The SMILES string of the molecule is COc1ccc(-c2[nH]ncc2C(=O)NCCCN(C)C)cc1. The number of hydrogen-bond donors (Lipinski definition) is 2. The van der Waals surface area contributed by atoms with Crippen molar-refractivity contribution >= 4 is 5.91 Å². The van der Waals surface area contributed by atoms with E-state index < -0.39 is 0 Å². The number of rotatable bonds is 7. The Labute approximate surface area is 130 Å². The van der Waals surface area contributed by atoms with Crippen molar-refractivity contribution in [1.82, 2.24) is 20.4 Å². The summed E-state index contributed by atoms with van der Waals surface area (Å²) in [4.78, 5) is 14.3. The van der Waals surface area contributed by atoms with Crippen LogP contribution >= 0.6 is 0 Å². The third-order valence-electron chi connectivity index (χ3n) is 3.33. The topological polar surface area (TPSA) is 70.2 Å². The molecule has 1 aromatic carbocycles. The summed E-state index contributed by atoms with van der Waals surface area (Å²) in [7, 11) is 5.65. The summed E-state index contributed by atoms with van der Waals surface area (Å²) >= 11 is 0. The van der Waals surface area contributed by atoms with E-state index in [1.165, 1.54) is 0 Å². The van der Waals surface area contributed by atoms with Crippen molar-refractivity contribution in [1.29, 1.82) is 0 Å². The average molecular weight is 302 g/mol. The highest BCUT2D eigenvalue weighted by Crippen LogP contribution is 2.23. The van der Waals surface area contributed by atoms with Crippen LogP contribution in [0.15, 0.2) is 30.5 Å². The summed E-state index contributed by atoms with van der Waals surface area (Å²) in [6.45, 7) is 1.58. The van der Waals surface area contributed by atoms with Crippen molar-refractivity contribution in [2.45, 2.75) is 6.42 Å². The minimum absolute atomic E-state index is 0.113. The number of nitrogens with zero attached hydrogens (tertiary/aromatic N) is 2. The Morgan fingerprint density at radius 3 is 2.68 bits per heavy atom. The molecule has 2 rings (SSSR count). The maximum atomic E-state index is 12.3. The molecular formula is C16H22N4O2. The van der Waals surface area contributed by atoms with Crippen molar-refractivity contribution in [3.05, 3.63) is 36.0 Å². The molecule has 2 aromatic rings. The van der Waals surface area contributed by atoms with Crippen LogP contribution in [0.1, 0.15) is 16.8 Å². The van der Waals surface area contributed by atoms with Crippen LogP contribution in [0.2, 0.25) is 0 Å². The second-order valence-electron chi connectivity index (χ2n) is 5.30. The normalized spacial score (nSPS) is 10.7. The predicted octanol–water partition coefficient (Wildman–Crippen LogP) is 1.77. The van der Waals surface area contributed by atoms with E-state index in [0.717, 1.165) is 24.3 Å². The molecule has 118 valence electrons. The van der Waals surface area contributed by atoms with Gasteiger partial charge in [0, 0.05) is 12.1 Å². The van der Waals surface area contributed by atoms with Gasteiger partial charge >= 0.3 is 0 Å². The summed E-state index contributed by atoms with van der Waals surface area (Å²) < 4.78 is 5.14. The van der Waals surface area contributed by atoms with Crippen molar-refractivity contribution < 1.29 is 9.53 Å². The molecule has 6 nitrogen and oxygen atoms in total. The second kappa shape index (κ2) is 7.61. The van der Waals surface area contributed by atoms with E-state index in [4.69, 9.17) is 4.74 Å². The van der Waals surface area contributed by atoms with Crippen molar-refractivity contribution in [3.8, 4) is 17.0 Å². The van der Waals surface area contributed by atoms with Crippen LogP contribution in [-0.4, -0.2) is 55.3 Å². The first-order valence-electron chi connectivity index (χ1n) is 7.22. The minimum atomic E-state index is -0.113. The molecule has 0 saturated carbocycles. The highest BCUT2D eigenvalue weighted by atomic mass is 16.5. The Hall–Kier alpha value is -2.34. The van der Waals surface area contributed by atoms with E-state index in [9.17, 15) is 4.79 Å². The minimum Gasteiger partial charge on any atom is -0.497 e. The molecule has 0 radical (unpaired) electrons. The number of amides is 1. The summed E-state index contributed by atoms with van der Waals surface area (Å²) in [5.74, 6) is 0.663. The van der Waals surface area contributed by atoms with E-state index in [1.807, 2.05) is 38.4 Å². The molecule has 0 unspecified atom stereocenters. The molecule has 0 spiro atoms. The van der Waals surface area contributed by atoms with Gasteiger partial charge in [-0.05, 0) is 51.3 Å². The van der Waals surface area contributed by atoms with Gasteiger partial charge in [0.2, 0.25) is 0 Å². The second-order valence-corrected chi connectivity index (χ2v) is 5.30. The van der Waals surface area contributed by atoms with Crippen LogP contribution in [0.4, 0.5) is 0 Å². The quantitative estimate of drug-likeness (QED) is 0.765. The number of H-pyrrole nitrogens is 1. The standard InChI is InChI=1S/C16H22N4O2/c1-20(2)10-4-9-17-16(21)14-11-18-19-15(14)12-5-7-13(22-3)8-6-12/h5-8,11H,4,9-10H2,1-3H3,(H,17,21)(H,18,19). The fraction of sp³-hybridized carbons (Fsp3) is 0.375. The molecule has 0 fully saturated rings. The van der Waals surface area contributed by atoms with Gasteiger partial charge in [0.15, 0.2) is 0 Å². The fourth-order valence-electron chi connectivity index (χ4n) is 2.13. The monoisotopic (exact) mass is 302 g/mol. The van der Waals surface area contributed by atoms with Crippen LogP contribution in [0.25, 0.3) is 11.3 Å². The zero-order chi connectivity index (χ0) is 15.9. The maximum Gasteiger partial charge on any atom is 0.255 e. The molecular weight excluding hydrogens is 280 g/mol. The Morgan fingerprint density at radius 2 is 2.05 bits per heavy atom. The Bertz CT molecular complexity index is 605. The molecule has 0 bridgehead atoms. The number of hydrogen-bond acceptors (Lipinski definition) is 4. The summed E-state index contributed by atoms with van der Waals surface area (Å²) in [6, 6.07) is 7.51. The molecule has 0 aliphatic carbocycles. The lowest BCUT2D eigenvalue weighted by molar-refractivity contribution is 0.0953. The van der Waals surface area contributed by atoms with Crippen LogP contribution in [-0.2, 0) is 0 Å². The molecule has 22 heavy (non-hydrogen) atoms. The van der Waals surface area contributed by atoms with E-state index in [0.29, 0.717) is 17.8 Å². The first-order valence-corrected chi connectivity index (χ1v) is 7.22. The van der Waals surface area contributed by atoms with E-state index in [2.05, 4.69) is 20.4 Å². The fourth-order valence-corrected chi connectivity index (χ4v) is 2.13. The molecule has 0 aliphatic rings. The number of nitrogens with one attached hydrogen (secondary N) is 2. The van der Waals surface area contributed by atoms with Gasteiger partial charge in [-0.2, -0.15) is 5.10 Å². The van der Waals surface area contributed by atoms with Crippen molar-refractivity contribution in [3.63, 3.8) is 0 Å². The molecule has 1 amide bonds. The first kappa shape index (κ1) is 16.0. The summed E-state index contributed by atoms with van der Waals surface area (Å²) in [5.41, 5.74) is 2.17. The lowest BCUT2D eigenvalue weighted by atomic mass is 10.1. The molecule has 2 N–H and O–H groups in total. The lowest BCUT2D eigenvalue weighted by Crippen LogP contribution is -2.27. The molecule has 0 aliphatic heterocycles. The molecule has 1 heterocycles. The smallest absolute Gasteiger partial charge is 0.255 e. The van der Waals surface area contributed by atoms with Crippen molar-refractivity contribution in [2.24, 2.45) is 0 Å². The number of ether oxygens (including phenoxy) is 1. The third-order valence-corrected chi connectivity index (χ3v) is 3.33. The Morgan fingerprint density at radius 1 is 1.32 bits per heavy atom. The summed E-state index contributed by atoms with van der Waals surface area (Å²) in [5, 5.41) is 9.81. The van der Waals surface area contributed by atoms with Crippen LogP contribution in [0.3, 0.4) is 0 Å². The zero-order valence-electron chi connectivity index (χ0n) is 13.2. The van der Waals surface area contributed by atoms with Crippen LogP contribution < -0.4 is 10.1 Å². The highest BCUT2D eigenvalue weighted by molar-refractivity contribution is 5.99. The van der Waals surface area contributed by atoms with E-state index in [-0.39, 0.29) is 5.91 Å². The van der Waals surface area contributed by atoms with Gasteiger partial charge in [0.25, 0.3) is 5.91 Å². The molecule has 0 atom stereocenters. The number of carbonyl (C=O) groups is 1. The largest absolute Gasteiger partial charge is 0.497 e. The maximum absolute atomic E-state index is 12.3. The van der Waals surface area contributed by atoms with Gasteiger partial charge in [-0.15, -0.1) is 0 Å².